The molecule has 0 saturated carbocycles. The highest BCUT2D eigenvalue weighted by molar-refractivity contribution is 7.14. The summed E-state index contributed by atoms with van der Waals surface area (Å²) in [4.78, 5) is 16.5. The first-order valence-electron chi connectivity index (χ1n) is 7.05. The van der Waals surface area contributed by atoms with E-state index in [-0.39, 0.29) is 11.4 Å². The van der Waals surface area contributed by atoms with Gasteiger partial charge in [0.2, 0.25) is 5.88 Å². The smallest absolute Gasteiger partial charge is 0.259 e. The number of benzene rings is 1. The molecule has 0 aliphatic heterocycles. The van der Waals surface area contributed by atoms with Gasteiger partial charge >= 0.3 is 0 Å². The van der Waals surface area contributed by atoms with Crippen LogP contribution in [0.25, 0.3) is 27.2 Å². The predicted octanol–water partition coefficient (Wildman–Crippen LogP) is 4.21. The second-order valence-electron chi connectivity index (χ2n) is 5.13. The number of aromatic nitrogens is 3. The number of fused-ring (bicyclic) bond motifs is 1. The largest absolute Gasteiger partial charge is 0.493 e. The van der Waals surface area contributed by atoms with Crippen LogP contribution in [0.1, 0.15) is 10.4 Å². The zero-order chi connectivity index (χ0) is 16.7. The summed E-state index contributed by atoms with van der Waals surface area (Å²) in [5.41, 5.74) is 3.41. The summed E-state index contributed by atoms with van der Waals surface area (Å²) in [6.07, 6.45) is 2.88. The molecule has 0 bridgehead atoms. The summed E-state index contributed by atoms with van der Waals surface area (Å²) >= 11 is 6.99. The number of carbonyl (C=O) groups is 1. The van der Waals surface area contributed by atoms with Crippen molar-refractivity contribution in [2.24, 2.45) is 0 Å². The van der Waals surface area contributed by atoms with Crippen molar-refractivity contribution in [3.05, 3.63) is 59.7 Å². The van der Waals surface area contributed by atoms with Gasteiger partial charge in [-0.3, -0.25) is 4.79 Å². The van der Waals surface area contributed by atoms with E-state index in [9.17, 15) is 9.90 Å². The van der Waals surface area contributed by atoms with E-state index in [1.54, 1.807) is 17.5 Å². The highest BCUT2D eigenvalue weighted by Gasteiger charge is 2.18. The van der Waals surface area contributed by atoms with Crippen molar-refractivity contribution in [3.63, 3.8) is 0 Å². The normalized spacial score (nSPS) is 11.0. The van der Waals surface area contributed by atoms with Gasteiger partial charge < -0.3 is 5.11 Å². The first-order chi connectivity index (χ1) is 11.6. The average molecular weight is 356 g/mol. The minimum atomic E-state index is -0.776. The highest BCUT2D eigenvalue weighted by Crippen LogP contribution is 2.35. The standard InChI is InChI=1S/C17H10ClN3O2S/c18-15(22)13-7-19-16-12(8-20-21(16)17(13)23)14-6-11(9-24-14)10-4-2-1-3-5-10/h1-9,23H. The Morgan fingerprint density at radius 1 is 1.17 bits per heavy atom. The molecule has 0 atom stereocenters. The van der Waals surface area contributed by atoms with Gasteiger partial charge in [0, 0.05) is 11.1 Å². The summed E-state index contributed by atoms with van der Waals surface area (Å²) in [5, 5.41) is 15.5. The predicted molar refractivity (Wildman–Crippen MR) is 93.6 cm³/mol. The number of carbonyl (C=O) groups excluding carboxylic acids is 1. The molecule has 0 amide bonds. The number of rotatable bonds is 3. The van der Waals surface area contributed by atoms with E-state index < -0.39 is 5.24 Å². The van der Waals surface area contributed by atoms with Crippen LogP contribution in [0.15, 0.2) is 54.2 Å². The second-order valence-corrected chi connectivity index (χ2v) is 6.38. The molecule has 0 spiro atoms. The SMILES string of the molecule is O=C(Cl)c1cnc2c(-c3cc(-c4ccccc4)cs3)cnn2c1O. The van der Waals surface area contributed by atoms with E-state index in [1.807, 2.05) is 30.3 Å². The molecule has 0 aliphatic carbocycles. The maximum Gasteiger partial charge on any atom is 0.259 e. The molecule has 4 aromatic rings. The van der Waals surface area contributed by atoms with Gasteiger partial charge in [0.15, 0.2) is 5.65 Å². The van der Waals surface area contributed by atoms with Gasteiger partial charge in [-0.15, -0.1) is 11.3 Å². The molecule has 0 saturated heterocycles. The van der Waals surface area contributed by atoms with Gasteiger partial charge in [0.25, 0.3) is 5.24 Å². The quantitative estimate of drug-likeness (QED) is 0.559. The van der Waals surface area contributed by atoms with E-state index >= 15 is 0 Å². The van der Waals surface area contributed by atoms with Crippen LogP contribution < -0.4 is 0 Å². The van der Waals surface area contributed by atoms with E-state index in [4.69, 9.17) is 11.6 Å². The van der Waals surface area contributed by atoms with E-state index in [0.29, 0.717) is 5.65 Å². The van der Waals surface area contributed by atoms with Crippen LogP contribution in [0.3, 0.4) is 0 Å². The third-order valence-corrected chi connectivity index (χ3v) is 4.85. The fraction of sp³-hybridized carbons (Fsp3) is 0. The molecule has 1 aromatic carbocycles. The lowest BCUT2D eigenvalue weighted by molar-refractivity contribution is 0.107. The number of hydrogen-bond acceptors (Lipinski definition) is 5. The topological polar surface area (TPSA) is 67.5 Å². The number of halogens is 1. The van der Waals surface area contributed by atoms with Gasteiger partial charge in [-0.25, -0.2) is 4.98 Å². The van der Waals surface area contributed by atoms with Crippen molar-refractivity contribution in [1.29, 1.82) is 0 Å². The molecule has 5 nitrogen and oxygen atoms in total. The van der Waals surface area contributed by atoms with Crippen molar-refractivity contribution in [2.45, 2.75) is 0 Å². The van der Waals surface area contributed by atoms with Gasteiger partial charge in [-0.2, -0.15) is 9.61 Å². The molecule has 0 fully saturated rings. The van der Waals surface area contributed by atoms with Gasteiger partial charge in [-0.1, -0.05) is 30.3 Å². The Morgan fingerprint density at radius 3 is 2.71 bits per heavy atom. The fourth-order valence-electron chi connectivity index (χ4n) is 2.49. The monoisotopic (exact) mass is 355 g/mol. The Bertz CT molecular complexity index is 1060. The molecule has 1 N–H and O–H groups in total. The highest BCUT2D eigenvalue weighted by atomic mass is 35.5. The maximum absolute atomic E-state index is 11.3. The Hall–Kier alpha value is -2.70. The first kappa shape index (κ1) is 14.9. The lowest BCUT2D eigenvalue weighted by atomic mass is 10.1. The van der Waals surface area contributed by atoms with Crippen LogP contribution in [0, 0.1) is 0 Å². The molecule has 3 heterocycles. The number of aromatic hydroxyl groups is 1. The second kappa shape index (κ2) is 5.74. The van der Waals surface area contributed by atoms with Crippen molar-refractivity contribution in [1.82, 2.24) is 14.6 Å². The molecule has 0 aliphatic rings. The van der Waals surface area contributed by atoms with Gasteiger partial charge in [0.1, 0.15) is 5.56 Å². The summed E-state index contributed by atoms with van der Waals surface area (Å²) < 4.78 is 1.22. The number of nitrogens with zero attached hydrogens (tertiary/aromatic N) is 3. The molecule has 4 rings (SSSR count). The lowest BCUT2D eigenvalue weighted by Gasteiger charge is -2.01. The Labute approximate surface area is 145 Å². The minimum Gasteiger partial charge on any atom is -0.493 e. The van der Waals surface area contributed by atoms with Crippen molar-refractivity contribution in [2.75, 3.05) is 0 Å². The van der Waals surface area contributed by atoms with E-state index in [0.717, 1.165) is 21.6 Å². The van der Waals surface area contributed by atoms with Crippen molar-refractivity contribution in [3.8, 4) is 27.4 Å². The van der Waals surface area contributed by atoms with Crippen LogP contribution in [0.4, 0.5) is 0 Å². The van der Waals surface area contributed by atoms with E-state index in [1.165, 1.54) is 10.7 Å². The third kappa shape index (κ3) is 2.36. The molecular formula is C17H10ClN3O2S. The van der Waals surface area contributed by atoms with Gasteiger partial charge in [0.05, 0.1) is 11.8 Å². The minimum absolute atomic E-state index is 0.0741. The first-order valence-corrected chi connectivity index (χ1v) is 8.31. The third-order valence-electron chi connectivity index (χ3n) is 3.69. The fourth-order valence-corrected chi connectivity index (χ4v) is 3.55. The molecule has 0 unspecified atom stereocenters. The van der Waals surface area contributed by atoms with Gasteiger partial charge in [-0.05, 0) is 34.2 Å². The summed E-state index contributed by atoms with van der Waals surface area (Å²) in [6, 6.07) is 12.1. The van der Waals surface area contributed by atoms with Crippen LogP contribution in [-0.4, -0.2) is 24.9 Å². The van der Waals surface area contributed by atoms with Crippen LogP contribution in [0.5, 0.6) is 5.88 Å². The summed E-state index contributed by atoms with van der Waals surface area (Å²) in [5.74, 6) is -0.314. The molecule has 7 heteroatoms. The van der Waals surface area contributed by atoms with Crippen molar-refractivity contribution < 1.29 is 9.90 Å². The Balaban J connectivity index is 1.82. The Kier molecular flexibility index (Phi) is 3.55. The Morgan fingerprint density at radius 2 is 1.96 bits per heavy atom. The summed E-state index contributed by atoms with van der Waals surface area (Å²) in [6.45, 7) is 0. The summed E-state index contributed by atoms with van der Waals surface area (Å²) in [7, 11) is 0. The van der Waals surface area contributed by atoms with Crippen molar-refractivity contribution >= 4 is 33.8 Å². The van der Waals surface area contributed by atoms with Crippen LogP contribution in [-0.2, 0) is 0 Å². The molecular weight excluding hydrogens is 346 g/mol. The number of thiophene rings is 1. The zero-order valence-corrected chi connectivity index (χ0v) is 13.8. The van der Waals surface area contributed by atoms with Crippen LogP contribution >= 0.6 is 22.9 Å². The van der Waals surface area contributed by atoms with E-state index in [2.05, 4.69) is 21.5 Å². The molecule has 0 radical (unpaired) electrons. The van der Waals surface area contributed by atoms with Crippen LogP contribution in [0.2, 0.25) is 0 Å². The average Bonchev–Trinajstić information content (AvgIpc) is 3.22. The molecule has 24 heavy (non-hydrogen) atoms. The molecule has 3 aromatic heterocycles. The number of hydrogen-bond donors (Lipinski definition) is 1. The maximum atomic E-state index is 11.3. The zero-order valence-electron chi connectivity index (χ0n) is 12.2. The lowest BCUT2D eigenvalue weighted by Crippen LogP contribution is -1.99. The molecule has 118 valence electrons.